The molecule has 0 aliphatic rings. The van der Waals surface area contributed by atoms with Crippen molar-refractivity contribution in [1.82, 2.24) is 4.98 Å². The van der Waals surface area contributed by atoms with E-state index in [9.17, 15) is 4.79 Å². The van der Waals surface area contributed by atoms with E-state index in [2.05, 4.69) is 44.8 Å². The zero-order chi connectivity index (χ0) is 17.2. The minimum Gasteiger partial charge on any atom is -0.461 e. The number of hydrogen-bond donors (Lipinski definition) is 0. The number of hydrogen-bond acceptors (Lipinski definition) is 3. The van der Waals surface area contributed by atoms with Crippen LogP contribution in [-0.2, 0) is 16.6 Å². The van der Waals surface area contributed by atoms with Crippen LogP contribution in [0.1, 0.15) is 68.2 Å². The van der Waals surface area contributed by atoms with Gasteiger partial charge in [0.15, 0.2) is 0 Å². The highest BCUT2D eigenvalue weighted by Crippen LogP contribution is 2.32. The molecule has 0 amide bonds. The quantitative estimate of drug-likeness (QED) is 0.748. The van der Waals surface area contributed by atoms with Crippen LogP contribution >= 0.6 is 0 Å². The van der Waals surface area contributed by atoms with Gasteiger partial charge in [0.1, 0.15) is 5.69 Å². The lowest BCUT2D eigenvalue weighted by Gasteiger charge is -2.23. The normalized spacial score (nSPS) is 11.7. The van der Waals surface area contributed by atoms with Crippen LogP contribution in [0.3, 0.4) is 0 Å². The number of benzene rings is 1. The average molecular weight is 313 g/mol. The number of fused-ring (bicyclic) bond motifs is 1. The molecule has 0 saturated heterocycles. The maximum Gasteiger partial charge on any atom is 0.356 e. The Morgan fingerprint density at radius 3 is 2.43 bits per heavy atom. The van der Waals surface area contributed by atoms with Gasteiger partial charge in [-0.3, -0.25) is 0 Å². The van der Waals surface area contributed by atoms with Crippen molar-refractivity contribution in [3.8, 4) is 0 Å². The molecule has 2 rings (SSSR count). The highest BCUT2D eigenvalue weighted by atomic mass is 16.5. The third kappa shape index (κ3) is 3.72. The van der Waals surface area contributed by atoms with Crippen molar-refractivity contribution >= 4 is 16.9 Å². The zero-order valence-corrected chi connectivity index (χ0v) is 15.1. The van der Waals surface area contributed by atoms with E-state index >= 15 is 0 Å². The fourth-order valence-electron chi connectivity index (χ4n) is 2.87. The number of carbonyl (C=O) groups is 1. The van der Waals surface area contributed by atoms with Gasteiger partial charge in [0.25, 0.3) is 0 Å². The lowest BCUT2D eigenvalue weighted by Crippen LogP contribution is -2.15. The molecule has 3 nitrogen and oxygen atoms in total. The molecule has 0 bridgehead atoms. The SMILES string of the molecule is CCCc1cc(C(C)(C)C)c2nc(C(=O)OCC)cc(C)c2c1. The Kier molecular flexibility index (Phi) is 5.08. The summed E-state index contributed by atoms with van der Waals surface area (Å²) in [6, 6.07) is 6.29. The predicted octanol–water partition coefficient (Wildman–Crippen LogP) is 4.97. The summed E-state index contributed by atoms with van der Waals surface area (Å²) in [6.45, 7) is 13.0. The van der Waals surface area contributed by atoms with Gasteiger partial charge < -0.3 is 4.74 Å². The molecule has 0 saturated carbocycles. The van der Waals surface area contributed by atoms with Crippen LogP contribution in [0.25, 0.3) is 10.9 Å². The summed E-state index contributed by atoms with van der Waals surface area (Å²) in [5.74, 6) is -0.352. The summed E-state index contributed by atoms with van der Waals surface area (Å²) < 4.78 is 5.12. The number of pyridine rings is 1. The number of aryl methyl sites for hydroxylation is 2. The van der Waals surface area contributed by atoms with Gasteiger partial charge in [-0.15, -0.1) is 0 Å². The summed E-state index contributed by atoms with van der Waals surface area (Å²) >= 11 is 0. The number of rotatable bonds is 4. The van der Waals surface area contributed by atoms with Gasteiger partial charge in [-0.25, -0.2) is 9.78 Å². The standard InChI is InChI=1S/C20H27NO2/c1-7-9-14-11-15-13(3)10-17(19(22)23-8-2)21-18(15)16(12-14)20(4,5)6/h10-12H,7-9H2,1-6H3. The number of aromatic nitrogens is 1. The summed E-state index contributed by atoms with van der Waals surface area (Å²) in [7, 11) is 0. The Morgan fingerprint density at radius 1 is 1.17 bits per heavy atom. The first-order valence-electron chi connectivity index (χ1n) is 8.39. The second-order valence-electron chi connectivity index (χ2n) is 7.08. The first kappa shape index (κ1) is 17.5. The monoisotopic (exact) mass is 313 g/mol. The van der Waals surface area contributed by atoms with E-state index in [4.69, 9.17) is 4.74 Å². The van der Waals surface area contributed by atoms with Gasteiger partial charge in [-0.1, -0.05) is 40.2 Å². The van der Waals surface area contributed by atoms with E-state index in [1.165, 1.54) is 11.1 Å². The fraction of sp³-hybridized carbons (Fsp3) is 0.500. The number of esters is 1. The smallest absolute Gasteiger partial charge is 0.356 e. The number of carbonyl (C=O) groups excluding carboxylic acids is 1. The Morgan fingerprint density at radius 2 is 1.87 bits per heavy atom. The Balaban J connectivity index is 2.74. The Labute approximate surface area is 139 Å². The summed E-state index contributed by atoms with van der Waals surface area (Å²) in [5, 5.41) is 1.13. The number of ether oxygens (including phenoxy) is 1. The molecule has 0 radical (unpaired) electrons. The molecule has 1 aromatic carbocycles. The molecule has 3 heteroatoms. The van der Waals surface area contributed by atoms with E-state index in [1.54, 1.807) is 0 Å². The minimum absolute atomic E-state index is 0.0330. The van der Waals surface area contributed by atoms with Crippen molar-refractivity contribution in [1.29, 1.82) is 0 Å². The average Bonchev–Trinajstić information content (AvgIpc) is 2.46. The van der Waals surface area contributed by atoms with Gasteiger partial charge in [-0.05, 0) is 54.5 Å². The molecule has 0 aliphatic heterocycles. The molecule has 0 aliphatic carbocycles. The van der Waals surface area contributed by atoms with Crippen molar-refractivity contribution in [2.75, 3.05) is 6.61 Å². The van der Waals surface area contributed by atoms with Gasteiger partial charge in [0.05, 0.1) is 12.1 Å². The molecule has 2 aromatic rings. The number of nitrogens with zero attached hydrogens (tertiary/aromatic N) is 1. The van der Waals surface area contributed by atoms with Crippen LogP contribution in [0.15, 0.2) is 18.2 Å². The highest BCUT2D eigenvalue weighted by Gasteiger charge is 2.21. The molecule has 0 fully saturated rings. The zero-order valence-electron chi connectivity index (χ0n) is 15.1. The molecule has 1 aromatic heterocycles. The maximum absolute atomic E-state index is 12.1. The molecule has 0 unspecified atom stereocenters. The van der Waals surface area contributed by atoms with Crippen molar-refractivity contribution < 1.29 is 9.53 Å². The molecular weight excluding hydrogens is 286 g/mol. The third-order valence-corrected chi connectivity index (χ3v) is 4.01. The Bertz CT molecular complexity index is 726. The van der Waals surface area contributed by atoms with Crippen LogP contribution < -0.4 is 0 Å². The predicted molar refractivity (Wildman–Crippen MR) is 95.1 cm³/mol. The van der Waals surface area contributed by atoms with Gasteiger partial charge in [0.2, 0.25) is 0 Å². The molecule has 0 atom stereocenters. The lowest BCUT2D eigenvalue weighted by molar-refractivity contribution is 0.0520. The van der Waals surface area contributed by atoms with Gasteiger partial charge in [-0.2, -0.15) is 0 Å². The topological polar surface area (TPSA) is 39.2 Å². The van der Waals surface area contributed by atoms with Crippen LogP contribution in [-0.4, -0.2) is 17.6 Å². The third-order valence-electron chi connectivity index (χ3n) is 4.01. The molecule has 124 valence electrons. The van der Waals surface area contributed by atoms with Gasteiger partial charge in [0, 0.05) is 5.39 Å². The van der Waals surface area contributed by atoms with E-state index in [0.29, 0.717) is 12.3 Å². The van der Waals surface area contributed by atoms with Crippen molar-refractivity contribution in [2.24, 2.45) is 0 Å². The molecule has 23 heavy (non-hydrogen) atoms. The molecular formula is C20H27NO2. The van der Waals surface area contributed by atoms with E-state index in [0.717, 1.165) is 29.3 Å². The van der Waals surface area contributed by atoms with Crippen molar-refractivity contribution in [2.45, 2.75) is 59.8 Å². The lowest BCUT2D eigenvalue weighted by atomic mass is 9.83. The second kappa shape index (κ2) is 6.69. The van der Waals surface area contributed by atoms with Crippen LogP contribution in [0, 0.1) is 6.92 Å². The summed E-state index contributed by atoms with van der Waals surface area (Å²) in [6.07, 6.45) is 2.17. The van der Waals surface area contributed by atoms with Crippen molar-refractivity contribution in [3.05, 3.63) is 40.6 Å². The molecule has 1 heterocycles. The van der Waals surface area contributed by atoms with E-state index in [-0.39, 0.29) is 11.4 Å². The minimum atomic E-state index is -0.352. The van der Waals surface area contributed by atoms with Crippen molar-refractivity contribution in [3.63, 3.8) is 0 Å². The first-order chi connectivity index (χ1) is 10.8. The second-order valence-corrected chi connectivity index (χ2v) is 7.08. The van der Waals surface area contributed by atoms with Crippen LogP contribution in [0.4, 0.5) is 0 Å². The largest absolute Gasteiger partial charge is 0.461 e. The van der Waals surface area contributed by atoms with Gasteiger partial charge >= 0.3 is 5.97 Å². The highest BCUT2D eigenvalue weighted by molar-refractivity contribution is 5.94. The molecule has 0 spiro atoms. The van der Waals surface area contributed by atoms with Crippen LogP contribution in [0.2, 0.25) is 0 Å². The van der Waals surface area contributed by atoms with E-state index < -0.39 is 0 Å². The fourth-order valence-corrected chi connectivity index (χ4v) is 2.87. The summed E-state index contributed by atoms with van der Waals surface area (Å²) in [5.41, 5.74) is 4.87. The van der Waals surface area contributed by atoms with E-state index in [1.807, 2.05) is 19.9 Å². The summed E-state index contributed by atoms with van der Waals surface area (Å²) in [4.78, 5) is 16.7. The Hall–Kier alpha value is -1.90. The maximum atomic E-state index is 12.1. The first-order valence-corrected chi connectivity index (χ1v) is 8.39. The molecule has 0 N–H and O–H groups in total. The van der Waals surface area contributed by atoms with Crippen LogP contribution in [0.5, 0.6) is 0 Å².